The maximum Gasteiger partial charge on any atom is 0.191 e. The van der Waals surface area contributed by atoms with Crippen molar-refractivity contribution in [2.75, 3.05) is 13.1 Å². The van der Waals surface area contributed by atoms with Gasteiger partial charge in [0.15, 0.2) is 5.96 Å². The third kappa shape index (κ3) is 5.42. The highest BCUT2D eigenvalue weighted by molar-refractivity contribution is 5.79. The maximum absolute atomic E-state index is 4.72. The van der Waals surface area contributed by atoms with Crippen LogP contribution in [-0.2, 0) is 0 Å². The summed E-state index contributed by atoms with van der Waals surface area (Å²) in [5.74, 6) is 2.60. The lowest BCUT2D eigenvalue weighted by atomic mass is 9.80. The summed E-state index contributed by atoms with van der Waals surface area (Å²) in [6.07, 6.45) is 5.53. The van der Waals surface area contributed by atoms with E-state index >= 15 is 0 Å². The molecular weight excluding hydrogens is 210 g/mol. The van der Waals surface area contributed by atoms with E-state index in [2.05, 4.69) is 38.3 Å². The lowest BCUT2D eigenvalue weighted by Gasteiger charge is -2.27. The number of hydrogen-bond donors (Lipinski definition) is 2. The molecule has 0 saturated heterocycles. The van der Waals surface area contributed by atoms with Crippen LogP contribution in [0.4, 0.5) is 0 Å². The molecule has 100 valence electrons. The zero-order valence-corrected chi connectivity index (χ0v) is 11.9. The molecule has 3 nitrogen and oxygen atoms in total. The number of nitrogens with zero attached hydrogens (tertiary/aromatic N) is 1. The molecule has 0 radical (unpaired) electrons. The van der Waals surface area contributed by atoms with E-state index in [4.69, 9.17) is 4.99 Å². The number of aliphatic imine (C=N–C) groups is 1. The Labute approximate surface area is 106 Å². The molecular formula is C14H29N3. The topological polar surface area (TPSA) is 36.4 Å². The molecule has 0 bridgehead atoms. The molecule has 3 heteroatoms. The van der Waals surface area contributed by atoms with Crippen LogP contribution < -0.4 is 10.6 Å². The molecule has 0 aromatic carbocycles. The summed E-state index contributed by atoms with van der Waals surface area (Å²) in [6, 6.07) is 0.441. The van der Waals surface area contributed by atoms with Gasteiger partial charge in [-0.25, -0.2) is 0 Å². The Bertz CT molecular complexity index is 236. The molecule has 0 aromatic rings. The van der Waals surface area contributed by atoms with Crippen molar-refractivity contribution < 1.29 is 0 Å². The Morgan fingerprint density at radius 2 is 2.00 bits per heavy atom. The van der Waals surface area contributed by atoms with Gasteiger partial charge >= 0.3 is 0 Å². The van der Waals surface area contributed by atoms with Crippen LogP contribution in [0.25, 0.3) is 0 Å². The van der Waals surface area contributed by atoms with Crippen LogP contribution in [0.15, 0.2) is 4.99 Å². The average Bonchev–Trinajstić information content (AvgIpc) is 2.27. The normalized spacial score (nSPS) is 26.1. The van der Waals surface area contributed by atoms with Gasteiger partial charge in [0.2, 0.25) is 0 Å². The summed E-state index contributed by atoms with van der Waals surface area (Å²) in [5.41, 5.74) is 0. The van der Waals surface area contributed by atoms with Crippen LogP contribution in [0, 0.1) is 11.8 Å². The second kappa shape index (κ2) is 7.57. The number of hydrogen-bond acceptors (Lipinski definition) is 1. The van der Waals surface area contributed by atoms with E-state index in [1.54, 1.807) is 0 Å². The second-order valence-corrected chi connectivity index (χ2v) is 5.54. The van der Waals surface area contributed by atoms with Crippen LogP contribution in [0.5, 0.6) is 0 Å². The monoisotopic (exact) mass is 239 g/mol. The Morgan fingerprint density at radius 1 is 1.29 bits per heavy atom. The third-order valence-electron chi connectivity index (χ3n) is 3.54. The highest BCUT2D eigenvalue weighted by Crippen LogP contribution is 2.29. The van der Waals surface area contributed by atoms with Gasteiger partial charge in [0.25, 0.3) is 0 Å². The van der Waals surface area contributed by atoms with Crippen LogP contribution in [-0.4, -0.2) is 25.1 Å². The fraction of sp³-hybridized carbons (Fsp3) is 0.929. The lowest BCUT2D eigenvalue weighted by molar-refractivity contribution is 0.263. The summed E-state index contributed by atoms with van der Waals surface area (Å²) in [5, 5.41) is 6.68. The van der Waals surface area contributed by atoms with E-state index in [0.717, 1.165) is 30.9 Å². The van der Waals surface area contributed by atoms with Crippen molar-refractivity contribution >= 4 is 5.96 Å². The van der Waals surface area contributed by atoms with Gasteiger partial charge < -0.3 is 10.6 Å². The van der Waals surface area contributed by atoms with Crippen LogP contribution >= 0.6 is 0 Å². The van der Waals surface area contributed by atoms with E-state index in [1.165, 1.54) is 25.7 Å². The number of guanidine groups is 1. The largest absolute Gasteiger partial charge is 0.357 e. The molecule has 2 unspecified atom stereocenters. The molecule has 0 spiro atoms. The van der Waals surface area contributed by atoms with E-state index < -0.39 is 0 Å². The van der Waals surface area contributed by atoms with Crippen LogP contribution in [0.1, 0.15) is 53.4 Å². The Hall–Kier alpha value is -0.730. The zero-order chi connectivity index (χ0) is 12.7. The first-order valence-electron chi connectivity index (χ1n) is 7.18. The van der Waals surface area contributed by atoms with Gasteiger partial charge in [0.1, 0.15) is 0 Å². The Kier molecular flexibility index (Phi) is 6.38. The fourth-order valence-electron chi connectivity index (χ4n) is 2.47. The van der Waals surface area contributed by atoms with Gasteiger partial charge in [-0.3, -0.25) is 4.99 Å². The van der Waals surface area contributed by atoms with Crippen molar-refractivity contribution in [2.45, 2.75) is 59.4 Å². The molecule has 1 rings (SSSR count). The molecule has 1 saturated carbocycles. The highest BCUT2D eigenvalue weighted by Gasteiger charge is 2.20. The minimum Gasteiger partial charge on any atom is -0.357 e. The van der Waals surface area contributed by atoms with Crippen molar-refractivity contribution in [3.63, 3.8) is 0 Å². The Morgan fingerprint density at radius 3 is 2.59 bits per heavy atom. The molecule has 17 heavy (non-hydrogen) atoms. The second-order valence-electron chi connectivity index (χ2n) is 5.54. The summed E-state index contributed by atoms with van der Waals surface area (Å²) in [6.45, 7) is 10.7. The van der Waals surface area contributed by atoms with Crippen molar-refractivity contribution in [1.82, 2.24) is 10.6 Å². The SMILES string of the molecule is CCNC(=NCC1CCCCC1C)NC(C)C. The van der Waals surface area contributed by atoms with Gasteiger partial charge in [-0.15, -0.1) is 0 Å². The molecule has 0 heterocycles. The van der Waals surface area contributed by atoms with Gasteiger partial charge in [0.05, 0.1) is 0 Å². The predicted octanol–water partition coefficient (Wildman–Crippen LogP) is 2.78. The summed E-state index contributed by atoms with van der Waals surface area (Å²) >= 11 is 0. The molecule has 1 fully saturated rings. The minimum atomic E-state index is 0.441. The molecule has 0 amide bonds. The van der Waals surface area contributed by atoms with Crippen molar-refractivity contribution in [3.05, 3.63) is 0 Å². The average molecular weight is 239 g/mol. The van der Waals surface area contributed by atoms with E-state index in [1.807, 2.05) is 0 Å². The number of nitrogens with one attached hydrogen (secondary N) is 2. The fourth-order valence-corrected chi connectivity index (χ4v) is 2.47. The zero-order valence-electron chi connectivity index (χ0n) is 11.9. The first-order valence-corrected chi connectivity index (χ1v) is 7.18. The van der Waals surface area contributed by atoms with Gasteiger partial charge in [-0.2, -0.15) is 0 Å². The van der Waals surface area contributed by atoms with Crippen LogP contribution in [0.3, 0.4) is 0 Å². The molecule has 0 aromatic heterocycles. The number of rotatable bonds is 4. The third-order valence-corrected chi connectivity index (χ3v) is 3.54. The van der Waals surface area contributed by atoms with E-state index in [0.29, 0.717) is 6.04 Å². The molecule has 0 aliphatic heterocycles. The van der Waals surface area contributed by atoms with Crippen molar-refractivity contribution in [3.8, 4) is 0 Å². The first-order chi connectivity index (χ1) is 8.13. The summed E-state index contributed by atoms with van der Waals surface area (Å²) in [7, 11) is 0. The molecule has 1 aliphatic carbocycles. The first kappa shape index (κ1) is 14.3. The van der Waals surface area contributed by atoms with Gasteiger partial charge in [-0.05, 0) is 39.0 Å². The van der Waals surface area contributed by atoms with E-state index in [9.17, 15) is 0 Å². The van der Waals surface area contributed by atoms with Crippen molar-refractivity contribution in [1.29, 1.82) is 0 Å². The molecule has 1 aliphatic rings. The summed E-state index contributed by atoms with van der Waals surface area (Å²) in [4.78, 5) is 4.72. The Balaban J connectivity index is 2.45. The smallest absolute Gasteiger partial charge is 0.191 e. The van der Waals surface area contributed by atoms with Gasteiger partial charge in [0, 0.05) is 19.1 Å². The minimum absolute atomic E-state index is 0.441. The van der Waals surface area contributed by atoms with E-state index in [-0.39, 0.29) is 0 Å². The highest BCUT2D eigenvalue weighted by atomic mass is 15.2. The predicted molar refractivity (Wildman–Crippen MR) is 75.4 cm³/mol. The van der Waals surface area contributed by atoms with Crippen molar-refractivity contribution in [2.24, 2.45) is 16.8 Å². The standard InChI is InChI=1S/C14H29N3/c1-5-15-14(17-11(2)3)16-10-13-9-7-6-8-12(13)4/h11-13H,5-10H2,1-4H3,(H2,15,16,17). The van der Waals surface area contributed by atoms with Gasteiger partial charge in [-0.1, -0.05) is 26.2 Å². The van der Waals surface area contributed by atoms with Crippen LogP contribution in [0.2, 0.25) is 0 Å². The molecule has 2 atom stereocenters. The maximum atomic E-state index is 4.72. The quantitative estimate of drug-likeness (QED) is 0.584. The lowest BCUT2D eigenvalue weighted by Crippen LogP contribution is -2.41. The molecule has 2 N–H and O–H groups in total. The summed E-state index contributed by atoms with van der Waals surface area (Å²) < 4.78 is 0.